The Labute approximate surface area is 212 Å². The second-order valence-electron chi connectivity index (χ2n) is 9.37. The van der Waals surface area contributed by atoms with E-state index in [-0.39, 0.29) is 39.7 Å². The predicted molar refractivity (Wildman–Crippen MR) is 131 cm³/mol. The lowest BCUT2D eigenvalue weighted by molar-refractivity contribution is -0.137. The summed E-state index contributed by atoms with van der Waals surface area (Å²) in [7, 11) is -3.91. The summed E-state index contributed by atoms with van der Waals surface area (Å²) in [4.78, 5) is 15.0. The molecule has 2 fully saturated rings. The number of ether oxygens (including phenoxy) is 1. The van der Waals surface area contributed by atoms with Gasteiger partial charge in [-0.15, -0.1) is 0 Å². The first kappa shape index (κ1) is 25.4. The van der Waals surface area contributed by atoms with Crippen molar-refractivity contribution in [2.24, 2.45) is 0 Å². The van der Waals surface area contributed by atoms with Crippen molar-refractivity contribution in [1.29, 1.82) is 0 Å². The summed E-state index contributed by atoms with van der Waals surface area (Å²) in [6.45, 7) is 3.07. The van der Waals surface area contributed by atoms with E-state index in [0.717, 1.165) is 12.3 Å². The number of pyridine rings is 1. The maximum absolute atomic E-state index is 14.0. The molecule has 2 N–H and O–H groups in total. The van der Waals surface area contributed by atoms with Gasteiger partial charge in [-0.3, -0.25) is 0 Å². The third-order valence-corrected chi connectivity index (χ3v) is 9.58. The second-order valence-corrected chi connectivity index (χ2v) is 11.6. The summed E-state index contributed by atoms with van der Waals surface area (Å²) in [5.41, 5.74) is 4.39. The van der Waals surface area contributed by atoms with E-state index in [1.54, 1.807) is 18.2 Å². The van der Waals surface area contributed by atoms with E-state index in [9.17, 15) is 21.6 Å². The molecule has 196 valence electrons. The Morgan fingerprint density at radius 1 is 1.14 bits per heavy atom. The fourth-order valence-corrected chi connectivity index (χ4v) is 7.03. The number of halogens is 3. The molecular weight excluding hydrogens is 507 g/mol. The molecule has 1 aliphatic heterocycles. The number of sulfone groups is 1. The fourth-order valence-electron chi connectivity index (χ4n) is 4.85. The lowest BCUT2D eigenvalue weighted by Gasteiger charge is -2.41. The van der Waals surface area contributed by atoms with Crippen molar-refractivity contribution >= 4 is 21.6 Å². The van der Waals surface area contributed by atoms with Gasteiger partial charge in [0, 0.05) is 18.3 Å². The monoisotopic (exact) mass is 533 g/mol. The van der Waals surface area contributed by atoms with Crippen LogP contribution in [0.1, 0.15) is 37.4 Å². The van der Waals surface area contributed by atoms with E-state index in [0.29, 0.717) is 39.0 Å². The number of anilines is 2. The number of hydrogen-bond acceptors (Lipinski definition) is 8. The molecule has 8 nitrogen and oxygen atoms in total. The zero-order chi connectivity index (χ0) is 26.4. The molecule has 12 heteroatoms. The number of rotatable bonds is 5. The van der Waals surface area contributed by atoms with Gasteiger partial charge < -0.3 is 15.4 Å². The van der Waals surface area contributed by atoms with E-state index in [1.165, 1.54) is 18.2 Å². The van der Waals surface area contributed by atoms with Gasteiger partial charge >= 0.3 is 6.18 Å². The van der Waals surface area contributed by atoms with Crippen LogP contribution in [-0.2, 0) is 25.5 Å². The largest absolute Gasteiger partial charge is 0.417 e. The SMILES string of the molecule is C[C@H]1COCCN1c1nc(-c2cnc(N)cc2C(F)(F)F)cc(C2(S(=O)(=O)c3ccccc3)CCC2)n1. The van der Waals surface area contributed by atoms with Crippen molar-refractivity contribution < 1.29 is 26.3 Å². The van der Waals surface area contributed by atoms with Gasteiger partial charge in [-0.05, 0) is 50.5 Å². The second kappa shape index (κ2) is 9.25. The molecule has 1 saturated heterocycles. The quantitative estimate of drug-likeness (QED) is 0.519. The highest BCUT2D eigenvalue weighted by Crippen LogP contribution is 2.51. The topological polar surface area (TPSA) is 111 Å². The van der Waals surface area contributed by atoms with Gasteiger partial charge in [-0.1, -0.05) is 18.2 Å². The van der Waals surface area contributed by atoms with Crippen LogP contribution >= 0.6 is 0 Å². The van der Waals surface area contributed by atoms with E-state index in [1.807, 2.05) is 11.8 Å². The molecule has 2 aromatic heterocycles. The highest BCUT2D eigenvalue weighted by molar-refractivity contribution is 7.92. The third-order valence-electron chi connectivity index (χ3n) is 7.04. The number of morpholine rings is 1. The number of benzene rings is 1. The van der Waals surface area contributed by atoms with E-state index < -0.39 is 26.3 Å². The van der Waals surface area contributed by atoms with Gasteiger partial charge in [0.05, 0.1) is 41.1 Å². The van der Waals surface area contributed by atoms with Gasteiger partial charge in [0.25, 0.3) is 0 Å². The molecule has 2 aliphatic rings. The molecule has 1 saturated carbocycles. The van der Waals surface area contributed by atoms with Gasteiger partial charge in [0.1, 0.15) is 10.6 Å². The third kappa shape index (κ3) is 4.42. The first-order valence-corrected chi connectivity index (χ1v) is 13.4. The van der Waals surface area contributed by atoms with Crippen LogP contribution in [0.15, 0.2) is 53.6 Å². The van der Waals surface area contributed by atoms with Crippen LogP contribution in [0.4, 0.5) is 24.9 Å². The number of aromatic nitrogens is 3. The number of nitrogen functional groups attached to an aromatic ring is 1. The van der Waals surface area contributed by atoms with Crippen LogP contribution in [0.2, 0.25) is 0 Å². The summed E-state index contributed by atoms with van der Waals surface area (Å²) < 4.78 is 73.9. The minimum Gasteiger partial charge on any atom is -0.384 e. The van der Waals surface area contributed by atoms with Crippen molar-refractivity contribution in [2.75, 3.05) is 30.4 Å². The number of alkyl halides is 3. The lowest BCUT2D eigenvalue weighted by atomic mass is 9.81. The Balaban J connectivity index is 1.74. The van der Waals surface area contributed by atoms with Crippen molar-refractivity contribution in [2.45, 2.75) is 48.0 Å². The normalized spacial score (nSPS) is 19.9. The highest BCUT2D eigenvalue weighted by atomic mass is 32.2. The minimum absolute atomic E-state index is 0.0620. The lowest BCUT2D eigenvalue weighted by Crippen LogP contribution is -2.46. The summed E-state index contributed by atoms with van der Waals surface area (Å²) in [5.74, 6) is -0.128. The number of nitrogens with zero attached hydrogens (tertiary/aromatic N) is 4. The van der Waals surface area contributed by atoms with Crippen molar-refractivity contribution in [3.05, 3.63) is 59.9 Å². The average molecular weight is 534 g/mol. The van der Waals surface area contributed by atoms with Crippen molar-refractivity contribution in [3.8, 4) is 11.3 Å². The van der Waals surface area contributed by atoms with E-state index in [2.05, 4.69) is 15.0 Å². The Morgan fingerprint density at radius 3 is 2.49 bits per heavy atom. The highest BCUT2D eigenvalue weighted by Gasteiger charge is 2.52. The molecule has 5 rings (SSSR count). The van der Waals surface area contributed by atoms with Gasteiger partial charge in [-0.25, -0.2) is 23.4 Å². The molecule has 3 heterocycles. The molecule has 1 aromatic carbocycles. The Bertz CT molecular complexity index is 1410. The Hall–Kier alpha value is -3.25. The average Bonchev–Trinajstić information content (AvgIpc) is 2.83. The first-order valence-electron chi connectivity index (χ1n) is 11.9. The van der Waals surface area contributed by atoms with E-state index >= 15 is 0 Å². The molecular formula is C25H26F3N5O3S. The molecule has 3 aromatic rings. The summed E-state index contributed by atoms with van der Waals surface area (Å²) in [6, 6.07) is 10.0. The maximum atomic E-state index is 14.0. The molecule has 37 heavy (non-hydrogen) atoms. The first-order chi connectivity index (χ1) is 17.5. The van der Waals surface area contributed by atoms with Crippen molar-refractivity contribution in [3.63, 3.8) is 0 Å². The van der Waals surface area contributed by atoms with Crippen LogP contribution in [0.25, 0.3) is 11.3 Å². The van der Waals surface area contributed by atoms with E-state index in [4.69, 9.17) is 10.5 Å². The van der Waals surface area contributed by atoms with Crippen LogP contribution in [-0.4, -0.2) is 49.2 Å². The molecule has 0 spiro atoms. The summed E-state index contributed by atoms with van der Waals surface area (Å²) in [5, 5.41) is 0. The van der Waals surface area contributed by atoms with Gasteiger partial charge in [0.2, 0.25) is 5.95 Å². The standard InChI is InChI=1S/C25H26F3N5O3S/c1-16-15-36-11-10-33(16)23-31-20(18-14-30-22(29)12-19(18)25(26,27)28)13-21(32-23)24(8-5-9-24)37(34,35)17-6-3-2-4-7-17/h2-4,6-7,12-14,16H,5,8-11,15H2,1H3,(H2,29,30)/t16-/m0/s1. The summed E-state index contributed by atoms with van der Waals surface area (Å²) in [6.07, 6.45) is -2.47. The molecule has 0 unspecified atom stereocenters. The zero-order valence-corrected chi connectivity index (χ0v) is 20.9. The Morgan fingerprint density at radius 2 is 1.86 bits per heavy atom. The fraction of sp³-hybridized carbons (Fsp3) is 0.400. The summed E-state index contributed by atoms with van der Waals surface area (Å²) >= 11 is 0. The number of nitrogens with two attached hydrogens (primary N) is 1. The molecule has 1 atom stereocenters. The predicted octanol–water partition coefficient (Wildman–Crippen LogP) is 4.22. The smallest absolute Gasteiger partial charge is 0.384 e. The van der Waals surface area contributed by atoms with Gasteiger partial charge in [0.15, 0.2) is 9.84 Å². The van der Waals surface area contributed by atoms with Crippen LogP contribution in [0.3, 0.4) is 0 Å². The number of hydrogen-bond donors (Lipinski definition) is 1. The molecule has 1 aliphatic carbocycles. The molecule has 0 bridgehead atoms. The van der Waals surface area contributed by atoms with Gasteiger partial charge in [-0.2, -0.15) is 13.2 Å². The van der Waals surface area contributed by atoms with Crippen LogP contribution < -0.4 is 10.6 Å². The molecule has 0 amide bonds. The van der Waals surface area contributed by atoms with Crippen LogP contribution in [0.5, 0.6) is 0 Å². The zero-order valence-electron chi connectivity index (χ0n) is 20.1. The Kier molecular flexibility index (Phi) is 6.35. The van der Waals surface area contributed by atoms with Crippen LogP contribution in [0, 0.1) is 0 Å². The minimum atomic E-state index is -4.73. The maximum Gasteiger partial charge on any atom is 0.417 e. The van der Waals surface area contributed by atoms with Crippen molar-refractivity contribution in [1.82, 2.24) is 15.0 Å². The molecule has 0 radical (unpaired) electrons.